The summed E-state index contributed by atoms with van der Waals surface area (Å²) in [6.07, 6.45) is 0.639. The summed E-state index contributed by atoms with van der Waals surface area (Å²) in [4.78, 5) is 12.4. The summed E-state index contributed by atoms with van der Waals surface area (Å²) in [6.45, 7) is 0. The van der Waals surface area contributed by atoms with Crippen molar-refractivity contribution in [2.75, 3.05) is 5.32 Å². The van der Waals surface area contributed by atoms with Crippen molar-refractivity contribution in [2.24, 2.45) is 0 Å². The minimum Gasteiger partial charge on any atom is -0.324 e. The third-order valence-corrected chi connectivity index (χ3v) is 4.67. The normalized spacial score (nSPS) is 20.8. The minimum atomic E-state index is -0.312. The van der Waals surface area contributed by atoms with E-state index in [9.17, 15) is 4.79 Å². The molecule has 1 aliphatic rings. The predicted molar refractivity (Wildman–Crippen MR) is 91.6 cm³/mol. The van der Waals surface area contributed by atoms with Gasteiger partial charge in [0.15, 0.2) is 0 Å². The van der Waals surface area contributed by atoms with Gasteiger partial charge < -0.3 is 5.32 Å². The van der Waals surface area contributed by atoms with E-state index in [4.69, 9.17) is 11.6 Å². The third kappa shape index (κ3) is 3.33. The van der Waals surface area contributed by atoms with Gasteiger partial charge in [-0.3, -0.25) is 4.79 Å². The van der Waals surface area contributed by atoms with Gasteiger partial charge in [-0.15, -0.1) is 0 Å². The Kier molecular flexibility index (Phi) is 4.78. The van der Waals surface area contributed by atoms with E-state index < -0.39 is 0 Å². The molecule has 114 valence electrons. The van der Waals surface area contributed by atoms with Gasteiger partial charge in [0.05, 0.1) is 5.69 Å². The number of benzene rings is 2. The number of amides is 1. The Morgan fingerprint density at radius 1 is 1.14 bits per heavy atom. The number of anilines is 1. The molecule has 0 bridgehead atoms. The van der Waals surface area contributed by atoms with Crippen molar-refractivity contribution in [1.82, 2.24) is 10.9 Å². The maximum Gasteiger partial charge on any atom is 0.242 e. The fourth-order valence-corrected chi connectivity index (χ4v) is 3.12. The van der Waals surface area contributed by atoms with Crippen molar-refractivity contribution in [3.05, 3.63) is 63.6 Å². The number of carbonyl (C=O) groups is 1. The van der Waals surface area contributed by atoms with Gasteiger partial charge >= 0.3 is 0 Å². The molecule has 1 aliphatic heterocycles. The third-order valence-electron chi connectivity index (χ3n) is 3.63. The number of halogens is 2. The quantitative estimate of drug-likeness (QED) is 0.762. The Balaban J connectivity index is 1.67. The Morgan fingerprint density at radius 3 is 2.64 bits per heavy atom. The lowest BCUT2D eigenvalue weighted by Crippen LogP contribution is -2.39. The van der Waals surface area contributed by atoms with Crippen molar-refractivity contribution in [1.29, 1.82) is 0 Å². The molecule has 1 heterocycles. The minimum absolute atomic E-state index is 0.0173. The highest BCUT2D eigenvalue weighted by Gasteiger charge is 2.31. The Hall–Kier alpha value is -1.40. The summed E-state index contributed by atoms with van der Waals surface area (Å²) in [5, 5.41) is 3.62. The Labute approximate surface area is 142 Å². The average molecular weight is 381 g/mol. The number of para-hydroxylation sites is 1. The van der Waals surface area contributed by atoms with Gasteiger partial charge in [-0.05, 0) is 46.1 Å². The molecule has 2 unspecified atom stereocenters. The standard InChI is InChI=1S/C16H15BrClN3O/c17-11-6-2-4-8-13(11)19-16(22)15-9-14(20-21-15)10-5-1-3-7-12(10)18/h1-8,14-15,20-21H,9H2,(H,19,22). The molecule has 2 aromatic carbocycles. The number of hydrogen-bond acceptors (Lipinski definition) is 3. The topological polar surface area (TPSA) is 53.2 Å². The highest BCUT2D eigenvalue weighted by Crippen LogP contribution is 2.29. The molecule has 0 aliphatic carbocycles. The van der Waals surface area contributed by atoms with Crippen LogP contribution < -0.4 is 16.2 Å². The van der Waals surface area contributed by atoms with Crippen LogP contribution in [0.1, 0.15) is 18.0 Å². The van der Waals surface area contributed by atoms with Crippen molar-refractivity contribution in [3.63, 3.8) is 0 Å². The van der Waals surface area contributed by atoms with Gasteiger partial charge in [-0.2, -0.15) is 0 Å². The summed E-state index contributed by atoms with van der Waals surface area (Å²) in [5.41, 5.74) is 7.93. The number of carbonyl (C=O) groups excluding carboxylic acids is 1. The van der Waals surface area contributed by atoms with Crippen molar-refractivity contribution in [3.8, 4) is 0 Å². The fraction of sp³-hybridized carbons (Fsp3) is 0.188. The molecule has 6 heteroatoms. The molecule has 3 rings (SSSR count). The number of nitrogens with one attached hydrogen (secondary N) is 3. The molecule has 0 radical (unpaired) electrons. The second-order valence-corrected chi connectivity index (χ2v) is 6.38. The zero-order chi connectivity index (χ0) is 15.5. The summed E-state index contributed by atoms with van der Waals surface area (Å²) < 4.78 is 0.858. The molecule has 1 saturated heterocycles. The molecule has 3 N–H and O–H groups in total. The van der Waals surface area contributed by atoms with Gasteiger partial charge in [0.2, 0.25) is 5.91 Å². The molecule has 0 aromatic heterocycles. The Morgan fingerprint density at radius 2 is 1.86 bits per heavy atom. The van der Waals surface area contributed by atoms with Gasteiger partial charge in [0.25, 0.3) is 0 Å². The van der Waals surface area contributed by atoms with Crippen LogP contribution in [0.3, 0.4) is 0 Å². The second kappa shape index (κ2) is 6.79. The number of hydrogen-bond donors (Lipinski definition) is 3. The molecular formula is C16H15BrClN3O. The summed E-state index contributed by atoms with van der Waals surface area (Å²) in [7, 11) is 0. The van der Waals surface area contributed by atoms with E-state index >= 15 is 0 Å². The first-order valence-corrected chi connectivity index (χ1v) is 8.13. The van der Waals surface area contributed by atoms with Crippen LogP contribution in [0.15, 0.2) is 53.0 Å². The van der Waals surface area contributed by atoms with E-state index in [0.29, 0.717) is 11.4 Å². The summed E-state index contributed by atoms with van der Waals surface area (Å²) in [6, 6.07) is 14.9. The lowest BCUT2D eigenvalue weighted by Gasteiger charge is -2.12. The van der Waals surface area contributed by atoms with Crippen LogP contribution in [0.2, 0.25) is 5.02 Å². The largest absolute Gasteiger partial charge is 0.324 e. The SMILES string of the molecule is O=C(Nc1ccccc1Br)C1CC(c2ccccc2Cl)NN1. The van der Waals surface area contributed by atoms with E-state index in [2.05, 4.69) is 32.1 Å². The van der Waals surface area contributed by atoms with Gasteiger partial charge in [0.1, 0.15) is 6.04 Å². The molecule has 4 nitrogen and oxygen atoms in total. The highest BCUT2D eigenvalue weighted by molar-refractivity contribution is 9.10. The summed E-state index contributed by atoms with van der Waals surface area (Å²) in [5.74, 6) is -0.0750. The molecule has 0 saturated carbocycles. The van der Waals surface area contributed by atoms with E-state index in [-0.39, 0.29) is 18.0 Å². The van der Waals surface area contributed by atoms with Crippen molar-refractivity contribution in [2.45, 2.75) is 18.5 Å². The predicted octanol–water partition coefficient (Wildman–Crippen LogP) is 3.65. The van der Waals surface area contributed by atoms with Crippen LogP contribution in [0, 0.1) is 0 Å². The van der Waals surface area contributed by atoms with E-state index in [1.165, 1.54) is 0 Å². The number of hydrazine groups is 1. The molecule has 1 fully saturated rings. The first-order chi connectivity index (χ1) is 10.6. The lowest BCUT2D eigenvalue weighted by molar-refractivity contribution is -0.117. The second-order valence-electron chi connectivity index (χ2n) is 5.12. The van der Waals surface area contributed by atoms with Gasteiger partial charge in [-0.1, -0.05) is 41.9 Å². The molecule has 22 heavy (non-hydrogen) atoms. The first-order valence-electron chi connectivity index (χ1n) is 6.96. The highest BCUT2D eigenvalue weighted by atomic mass is 79.9. The van der Waals surface area contributed by atoms with E-state index in [0.717, 1.165) is 15.7 Å². The Bertz CT molecular complexity index is 695. The summed E-state index contributed by atoms with van der Waals surface area (Å²) >= 11 is 9.63. The van der Waals surface area contributed by atoms with Crippen LogP contribution in [-0.2, 0) is 4.79 Å². The fourth-order valence-electron chi connectivity index (χ4n) is 2.47. The lowest BCUT2D eigenvalue weighted by atomic mass is 10.0. The first kappa shape index (κ1) is 15.5. The maximum atomic E-state index is 12.4. The van der Waals surface area contributed by atoms with Crippen LogP contribution in [0.5, 0.6) is 0 Å². The van der Waals surface area contributed by atoms with Gasteiger partial charge in [0, 0.05) is 15.5 Å². The van der Waals surface area contributed by atoms with Crippen LogP contribution >= 0.6 is 27.5 Å². The smallest absolute Gasteiger partial charge is 0.242 e. The van der Waals surface area contributed by atoms with E-state index in [1.807, 2.05) is 48.5 Å². The molecule has 0 spiro atoms. The molecule has 2 atom stereocenters. The van der Waals surface area contributed by atoms with Crippen LogP contribution in [-0.4, -0.2) is 11.9 Å². The number of rotatable bonds is 3. The molecule has 1 amide bonds. The monoisotopic (exact) mass is 379 g/mol. The van der Waals surface area contributed by atoms with Crippen molar-refractivity contribution >= 4 is 39.1 Å². The zero-order valence-electron chi connectivity index (χ0n) is 11.6. The van der Waals surface area contributed by atoms with Crippen LogP contribution in [0.25, 0.3) is 0 Å². The zero-order valence-corrected chi connectivity index (χ0v) is 14.0. The maximum absolute atomic E-state index is 12.4. The average Bonchev–Trinajstić information content (AvgIpc) is 3.00. The molecular weight excluding hydrogens is 366 g/mol. The molecule has 2 aromatic rings. The van der Waals surface area contributed by atoms with Gasteiger partial charge in [-0.25, -0.2) is 10.9 Å². The van der Waals surface area contributed by atoms with E-state index in [1.54, 1.807) is 0 Å². The van der Waals surface area contributed by atoms with Crippen LogP contribution in [0.4, 0.5) is 5.69 Å². The van der Waals surface area contributed by atoms with Crippen molar-refractivity contribution < 1.29 is 4.79 Å².